The van der Waals surface area contributed by atoms with Gasteiger partial charge >= 0.3 is 0 Å². The number of hydrogen-bond donors (Lipinski definition) is 2. The average Bonchev–Trinajstić information content (AvgIpc) is 2.86. The first-order valence-electron chi connectivity index (χ1n) is 7.52. The second-order valence-electron chi connectivity index (χ2n) is 5.75. The van der Waals surface area contributed by atoms with E-state index in [4.69, 9.17) is 0 Å². The number of aliphatic hydroxyl groups is 2. The molecule has 4 heteroatoms. The summed E-state index contributed by atoms with van der Waals surface area (Å²) in [7, 11) is 0. The van der Waals surface area contributed by atoms with E-state index in [0.29, 0.717) is 18.3 Å². The number of aliphatic hydroxyl groups excluding tert-OH is 2. The zero-order chi connectivity index (χ0) is 13.9. The third kappa shape index (κ3) is 2.58. The normalized spacial score (nSPS) is 18.5. The Morgan fingerprint density at radius 2 is 1.95 bits per heavy atom. The number of benzene rings is 1. The van der Waals surface area contributed by atoms with E-state index < -0.39 is 0 Å². The highest BCUT2D eigenvalue weighted by molar-refractivity contribution is 5.75. The topological polar surface area (TPSA) is 58.3 Å². The number of fused-ring (bicyclic) bond motifs is 1. The summed E-state index contributed by atoms with van der Waals surface area (Å²) < 4.78 is 1.97. The van der Waals surface area contributed by atoms with Crippen molar-refractivity contribution in [1.29, 1.82) is 0 Å². The summed E-state index contributed by atoms with van der Waals surface area (Å²) >= 11 is 0. The standard InChI is InChI=1S/C16H22N2O2/c19-11-16-17-13-8-4-5-9-14(13)18(16)10-15(20)12-6-2-1-3-7-12/h4-5,8-9,12,15,19-20H,1-3,6-7,10-11H2. The van der Waals surface area contributed by atoms with Crippen LogP contribution in [0.2, 0.25) is 0 Å². The highest BCUT2D eigenvalue weighted by atomic mass is 16.3. The molecule has 1 fully saturated rings. The molecule has 108 valence electrons. The number of rotatable bonds is 4. The van der Waals surface area contributed by atoms with Crippen LogP contribution in [0.25, 0.3) is 11.0 Å². The van der Waals surface area contributed by atoms with Gasteiger partial charge in [-0.3, -0.25) is 0 Å². The maximum atomic E-state index is 10.5. The molecule has 1 heterocycles. The molecule has 4 nitrogen and oxygen atoms in total. The van der Waals surface area contributed by atoms with Gasteiger partial charge in [0.05, 0.1) is 23.7 Å². The predicted octanol–water partition coefficient (Wildman–Crippen LogP) is 2.47. The van der Waals surface area contributed by atoms with Crippen LogP contribution in [0.1, 0.15) is 37.9 Å². The molecule has 3 rings (SSSR count). The quantitative estimate of drug-likeness (QED) is 0.900. The third-order valence-electron chi connectivity index (χ3n) is 4.44. The van der Waals surface area contributed by atoms with E-state index in [2.05, 4.69) is 4.98 Å². The smallest absolute Gasteiger partial charge is 0.135 e. The van der Waals surface area contributed by atoms with E-state index in [-0.39, 0.29) is 12.7 Å². The van der Waals surface area contributed by atoms with Crippen molar-refractivity contribution in [3.8, 4) is 0 Å². The van der Waals surface area contributed by atoms with Crippen LogP contribution in [-0.2, 0) is 13.2 Å². The van der Waals surface area contributed by atoms with Crippen molar-refractivity contribution in [2.75, 3.05) is 0 Å². The van der Waals surface area contributed by atoms with Crippen LogP contribution in [0.5, 0.6) is 0 Å². The van der Waals surface area contributed by atoms with Crippen molar-refractivity contribution in [1.82, 2.24) is 9.55 Å². The van der Waals surface area contributed by atoms with Gasteiger partial charge in [-0.25, -0.2) is 4.98 Å². The van der Waals surface area contributed by atoms with Crippen LogP contribution in [0.3, 0.4) is 0 Å². The fourth-order valence-electron chi connectivity index (χ4n) is 3.30. The van der Waals surface area contributed by atoms with E-state index in [1.165, 1.54) is 19.3 Å². The Morgan fingerprint density at radius 1 is 1.20 bits per heavy atom. The second-order valence-corrected chi connectivity index (χ2v) is 5.75. The van der Waals surface area contributed by atoms with Crippen LogP contribution in [-0.4, -0.2) is 25.9 Å². The summed E-state index contributed by atoms with van der Waals surface area (Å²) in [5.41, 5.74) is 1.87. The molecule has 1 aliphatic rings. The molecule has 0 aliphatic heterocycles. The molecule has 20 heavy (non-hydrogen) atoms. The van der Waals surface area contributed by atoms with Crippen molar-refractivity contribution in [2.24, 2.45) is 5.92 Å². The molecule has 1 aromatic heterocycles. The van der Waals surface area contributed by atoms with E-state index in [1.807, 2.05) is 28.8 Å². The minimum Gasteiger partial charge on any atom is -0.391 e. The summed E-state index contributed by atoms with van der Waals surface area (Å²) in [6.07, 6.45) is 5.61. The largest absolute Gasteiger partial charge is 0.391 e. The number of para-hydroxylation sites is 2. The van der Waals surface area contributed by atoms with Gasteiger partial charge in [0.25, 0.3) is 0 Å². The molecule has 2 aromatic rings. The minimum absolute atomic E-state index is 0.0912. The molecule has 1 saturated carbocycles. The van der Waals surface area contributed by atoms with Gasteiger partial charge < -0.3 is 14.8 Å². The molecular formula is C16H22N2O2. The second kappa shape index (κ2) is 5.94. The first-order valence-corrected chi connectivity index (χ1v) is 7.52. The number of nitrogens with zero attached hydrogens (tertiary/aromatic N) is 2. The summed E-state index contributed by atoms with van der Waals surface area (Å²) in [6.45, 7) is 0.438. The van der Waals surface area contributed by atoms with Crippen molar-refractivity contribution < 1.29 is 10.2 Å². The van der Waals surface area contributed by atoms with Crippen molar-refractivity contribution in [3.63, 3.8) is 0 Å². The fourth-order valence-corrected chi connectivity index (χ4v) is 3.30. The first-order chi connectivity index (χ1) is 9.79. The van der Waals surface area contributed by atoms with Gasteiger partial charge in [-0.15, -0.1) is 0 Å². The summed E-state index contributed by atoms with van der Waals surface area (Å²) in [4.78, 5) is 4.43. The van der Waals surface area contributed by atoms with E-state index >= 15 is 0 Å². The molecule has 1 aliphatic carbocycles. The zero-order valence-electron chi connectivity index (χ0n) is 11.7. The lowest BCUT2D eigenvalue weighted by atomic mass is 9.85. The van der Waals surface area contributed by atoms with E-state index in [1.54, 1.807) is 0 Å². The van der Waals surface area contributed by atoms with Crippen LogP contribution < -0.4 is 0 Å². The molecule has 0 spiro atoms. The zero-order valence-corrected chi connectivity index (χ0v) is 11.7. The van der Waals surface area contributed by atoms with Crippen molar-refractivity contribution in [2.45, 2.75) is 51.4 Å². The molecule has 1 aromatic carbocycles. The Morgan fingerprint density at radius 3 is 2.70 bits per heavy atom. The Balaban J connectivity index is 1.85. The fraction of sp³-hybridized carbons (Fsp3) is 0.562. The van der Waals surface area contributed by atoms with Crippen molar-refractivity contribution >= 4 is 11.0 Å². The average molecular weight is 274 g/mol. The Labute approximate surface area is 119 Å². The number of hydrogen-bond acceptors (Lipinski definition) is 3. The number of aromatic nitrogens is 2. The predicted molar refractivity (Wildman–Crippen MR) is 78.2 cm³/mol. The van der Waals surface area contributed by atoms with E-state index in [0.717, 1.165) is 23.9 Å². The highest BCUT2D eigenvalue weighted by Crippen LogP contribution is 2.28. The maximum Gasteiger partial charge on any atom is 0.135 e. The van der Waals surface area contributed by atoms with Gasteiger partial charge in [0, 0.05) is 0 Å². The van der Waals surface area contributed by atoms with Gasteiger partial charge in [0.2, 0.25) is 0 Å². The highest BCUT2D eigenvalue weighted by Gasteiger charge is 2.23. The number of imidazole rings is 1. The van der Waals surface area contributed by atoms with Gasteiger partial charge in [0.15, 0.2) is 0 Å². The Bertz CT molecular complexity index is 573. The van der Waals surface area contributed by atoms with Crippen LogP contribution in [0.4, 0.5) is 0 Å². The lowest BCUT2D eigenvalue weighted by Gasteiger charge is -2.27. The summed E-state index contributed by atoms with van der Waals surface area (Å²) in [5.74, 6) is 1.03. The molecule has 0 bridgehead atoms. The lowest BCUT2D eigenvalue weighted by Crippen LogP contribution is -2.28. The lowest BCUT2D eigenvalue weighted by molar-refractivity contribution is 0.0688. The van der Waals surface area contributed by atoms with Gasteiger partial charge in [0.1, 0.15) is 12.4 Å². The van der Waals surface area contributed by atoms with Crippen LogP contribution in [0, 0.1) is 5.92 Å². The molecule has 0 radical (unpaired) electrons. The molecule has 2 N–H and O–H groups in total. The first kappa shape index (κ1) is 13.6. The van der Waals surface area contributed by atoms with Crippen molar-refractivity contribution in [3.05, 3.63) is 30.1 Å². The minimum atomic E-state index is -0.349. The molecule has 1 unspecified atom stereocenters. The Kier molecular flexibility index (Phi) is 4.03. The maximum absolute atomic E-state index is 10.5. The molecule has 0 amide bonds. The summed E-state index contributed by atoms with van der Waals surface area (Å²) in [5, 5.41) is 20.0. The van der Waals surface area contributed by atoms with Crippen LogP contribution in [0.15, 0.2) is 24.3 Å². The van der Waals surface area contributed by atoms with Gasteiger partial charge in [-0.05, 0) is 30.9 Å². The van der Waals surface area contributed by atoms with E-state index in [9.17, 15) is 10.2 Å². The van der Waals surface area contributed by atoms with Gasteiger partial charge in [-0.2, -0.15) is 0 Å². The SMILES string of the molecule is OCc1nc2ccccc2n1CC(O)C1CCCCC1. The Hall–Kier alpha value is -1.39. The molecule has 0 saturated heterocycles. The molecule has 1 atom stereocenters. The molecular weight excluding hydrogens is 252 g/mol. The van der Waals surface area contributed by atoms with Gasteiger partial charge in [-0.1, -0.05) is 31.4 Å². The third-order valence-corrected chi connectivity index (χ3v) is 4.44. The van der Waals surface area contributed by atoms with Crippen LogP contribution >= 0.6 is 0 Å². The monoisotopic (exact) mass is 274 g/mol. The summed E-state index contributed by atoms with van der Waals surface area (Å²) in [6, 6.07) is 7.85.